The van der Waals surface area contributed by atoms with Crippen LogP contribution in [0.5, 0.6) is 0 Å². The molecule has 31 heavy (non-hydrogen) atoms. The molecule has 0 atom stereocenters. The summed E-state index contributed by atoms with van der Waals surface area (Å²) in [6, 6.07) is 0. The van der Waals surface area contributed by atoms with Crippen LogP contribution in [0.4, 0.5) is 57.1 Å². The first-order chi connectivity index (χ1) is 13.5. The fourth-order valence-electron chi connectivity index (χ4n) is 2.06. The highest BCUT2D eigenvalue weighted by atomic mass is 32.2. The summed E-state index contributed by atoms with van der Waals surface area (Å²) in [5.41, 5.74) is 0. The van der Waals surface area contributed by atoms with E-state index in [4.69, 9.17) is 0 Å². The Bertz CT molecular complexity index is 703. The van der Waals surface area contributed by atoms with Gasteiger partial charge in [0.2, 0.25) is 0 Å². The third-order valence-corrected chi connectivity index (χ3v) is 5.60. The molecule has 0 aromatic rings. The number of halogens is 13. The first-order valence-corrected chi connectivity index (χ1v) is 9.65. The molecule has 0 saturated heterocycles. The summed E-state index contributed by atoms with van der Waals surface area (Å²) < 4.78 is 192. The number of nitrogens with one attached hydrogen (secondary N) is 1. The van der Waals surface area contributed by atoms with Crippen LogP contribution in [0.25, 0.3) is 0 Å². The second-order valence-corrected chi connectivity index (χ2v) is 7.90. The second kappa shape index (κ2) is 9.07. The molecule has 0 heterocycles. The average Bonchev–Trinajstić information content (AvgIpc) is 2.59. The van der Waals surface area contributed by atoms with Gasteiger partial charge in [-0.2, -0.15) is 57.1 Å². The third kappa shape index (κ3) is 4.99. The smallest absolute Gasteiger partial charge is 0.304 e. The Morgan fingerprint density at radius 3 is 1.42 bits per heavy atom. The Hall–Kier alpha value is -1.04. The molecule has 0 unspecified atom stereocenters. The average molecular weight is 512 g/mol. The van der Waals surface area contributed by atoms with E-state index < -0.39 is 51.7 Å². The van der Waals surface area contributed by atoms with Crippen molar-refractivity contribution in [3.05, 3.63) is 0 Å². The maximum absolute atomic E-state index is 13.7. The Morgan fingerprint density at radius 2 is 1.06 bits per heavy atom. The van der Waals surface area contributed by atoms with Crippen LogP contribution in [0, 0.1) is 0 Å². The first-order valence-electron chi connectivity index (χ1n) is 8.16. The van der Waals surface area contributed by atoms with Gasteiger partial charge in [0.1, 0.15) is 0 Å². The van der Waals surface area contributed by atoms with E-state index in [1.165, 1.54) is 0 Å². The topological polar surface area (TPSA) is 49.4 Å². The standard InChI is InChI=1S/C13H17F13N2O2S/c1-3-28(4-2)7-5-6-27-31(29,30)13(25,26)11(20,21)9(16,17)8(14,15)10(18,19)12(22,23)24/h27H,3-7H2,1-2H3. The monoisotopic (exact) mass is 512 g/mol. The highest BCUT2D eigenvalue weighted by Gasteiger charge is 2.92. The van der Waals surface area contributed by atoms with Crippen LogP contribution in [0.2, 0.25) is 0 Å². The van der Waals surface area contributed by atoms with Crippen LogP contribution in [0.15, 0.2) is 0 Å². The second-order valence-electron chi connectivity index (χ2n) is 6.09. The van der Waals surface area contributed by atoms with Gasteiger partial charge in [-0.1, -0.05) is 13.8 Å². The molecule has 0 aliphatic carbocycles. The number of hydrogen-bond donors (Lipinski definition) is 1. The summed E-state index contributed by atoms with van der Waals surface area (Å²) in [5, 5.41) is -7.20. The van der Waals surface area contributed by atoms with Crippen molar-refractivity contribution in [2.24, 2.45) is 0 Å². The third-order valence-electron chi connectivity index (χ3n) is 4.08. The zero-order chi connectivity index (χ0) is 25.3. The summed E-state index contributed by atoms with van der Waals surface area (Å²) in [6.07, 6.45) is -7.92. The van der Waals surface area contributed by atoms with E-state index in [-0.39, 0.29) is 13.0 Å². The fraction of sp³-hybridized carbons (Fsp3) is 1.00. The van der Waals surface area contributed by atoms with Crippen LogP contribution in [-0.2, 0) is 10.0 Å². The van der Waals surface area contributed by atoms with E-state index in [1.807, 2.05) is 0 Å². The van der Waals surface area contributed by atoms with Gasteiger partial charge in [-0.25, -0.2) is 13.1 Å². The summed E-state index contributed by atoms with van der Waals surface area (Å²) >= 11 is 0. The van der Waals surface area contributed by atoms with E-state index in [0.717, 1.165) is 4.72 Å². The van der Waals surface area contributed by atoms with Gasteiger partial charge < -0.3 is 4.90 Å². The highest BCUT2D eigenvalue weighted by Crippen LogP contribution is 2.60. The molecule has 0 saturated carbocycles. The highest BCUT2D eigenvalue weighted by molar-refractivity contribution is 7.90. The van der Waals surface area contributed by atoms with Crippen molar-refractivity contribution in [2.75, 3.05) is 26.2 Å². The van der Waals surface area contributed by atoms with Crippen LogP contribution in [-0.4, -0.2) is 74.6 Å². The van der Waals surface area contributed by atoms with Crippen molar-refractivity contribution < 1.29 is 65.5 Å². The lowest BCUT2D eigenvalue weighted by Gasteiger charge is -2.39. The molecule has 0 aliphatic rings. The van der Waals surface area contributed by atoms with Gasteiger partial charge in [0.05, 0.1) is 0 Å². The minimum absolute atomic E-state index is 0.0104. The number of alkyl halides is 13. The molecule has 4 nitrogen and oxygen atoms in total. The van der Waals surface area contributed by atoms with Crippen LogP contribution in [0.3, 0.4) is 0 Å². The largest absolute Gasteiger partial charge is 0.460 e. The molecule has 0 bridgehead atoms. The SMILES string of the molecule is CCN(CC)CCCNS(=O)(=O)C(F)(F)C(F)(F)C(F)(F)C(F)(F)C(F)(F)C(F)(F)F. The van der Waals surface area contributed by atoms with Crippen LogP contribution >= 0.6 is 0 Å². The van der Waals surface area contributed by atoms with Gasteiger partial charge in [0.25, 0.3) is 10.0 Å². The molecule has 0 rings (SSSR count). The summed E-state index contributed by atoms with van der Waals surface area (Å²) in [7, 11) is -6.94. The van der Waals surface area contributed by atoms with Crippen molar-refractivity contribution in [3.63, 3.8) is 0 Å². The Morgan fingerprint density at radius 1 is 0.677 bits per heavy atom. The molecule has 0 spiro atoms. The molecule has 0 aromatic carbocycles. The summed E-state index contributed by atoms with van der Waals surface area (Å²) in [6.45, 7) is 2.91. The minimum atomic E-state index is -8.15. The van der Waals surface area contributed by atoms with Gasteiger partial charge in [0, 0.05) is 6.54 Å². The molecule has 18 heteroatoms. The predicted molar refractivity (Wildman–Crippen MR) is 80.1 cm³/mol. The fourth-order valence-corrected chi connectivity index (χ4v) is 3.12. The summed E-state index contributed by atoms with van der Waals surface area (Å²) in [4.78, 5) is 1.58. The zero-order valence-electron chi connectivity index (χ0n) is 15.6. The molecule has 1 N–H and O–H groups in total. The molecule has 0 amide bonds. The maximum Gasteiger partial charge on any atom is 0.460 e. The van der Waals surface area contributed by atoms with Crippen molar-refractivity contribution in [1.82, 2.24) is 9.62 Å². The van der Waals surface area contributed by atoms with E-state index >= 15 is 0 Å². The Kier molecular flexibility index (Phi) is 8.77. The lowest BCUT2D eigenvalue weighted by molar-refractivity contribution is -0.433. The normalized spacial score (nSPS) is 15.6. The van der Waals surface area contributed by atoms with Crippen molar-refractivity contribution in [2.45, 2.75) is 55.4 Å². The van der Waals surface area contributed by atoms with Gasteiger partial charge in [-0.3, -0.25) is 0 Å². The number of rotatable bonds is 12. The molecule has 0 radical (unpaired) electrons. The van der Waals surface area contributed by atoms with E-state index in [9.17, 15) is 65.5 Å². The van der Waals surface area contributed by atoms with Crippen molar-refractivity contribution in [3.8, 4) is 0 Å². The zero-order valence-corrected chi connectivity index (χ0v) is 16.4. The Balaban J connectivity index is 5.94. The lowest BCUT2D eigenvalue weighted by atomic mass is 9.98. The number of nitrogens with zero attached hydrogens (tertiary/aromatic N) is 1. The first kappa shape index (κ1) is 30.0. The predicted octanol–water partition coefficient (Wildman–Crippen LogP) is 4.33. The van der Waals surface area contributed by atoms with Crippen molar-refractivity contribution >= 4 is 10.0 Å². The van der Waals surface area contributed by atoms with Gasteiger partial charge in [0.15, 0.2) is 0 Å². The minimum Gasteiger partial charge on any atom is -0.304 e. The Labute approximate surface area is 167 Å². The van der Waals surface area contributed by atoms with E-state index in [2.05, 4.69) is 0 Å². The summed E-state index contributed by atoms with van der Waals surface area (Å²) in [5.74, 6) is -32.1. The van der Waals surface area contributed by atoms with Gasteiger partial charge >= 0.3 is 35.1 Å². The van der Waals surface area contributed by atoms with E-state index in [1.54, 1.807) is 18.7 Å². The van der Waals surface area contributed by atoms with Crippen LogP contribution < -0.4 is 4.72 Å². The maximum atomic E-state index is 13.7. The lowest BCUT2D eigenvalue weighted by Crippen LogP contribution is -2.71. The molecular formula is C13H17F13N2O2S. The number of hydrogen-bond acceptors (Lipinski definition) is 3. The molecule has 188 valence electrons. The van der Waals surface area contributed by atoms with Gasteiger partial charge in [-0.15, -0.1) is 0 Å². The van der Waals surface area contributed by atoms with Crippen LogP contribution in [0.1, 0.15) is 20.3 Å². The molecular weight excluding hydrogens is 495 g/mol. The number of sulfonamides is 1. The van der Waals surface area contributed by atoms with Crippen molar-refractivity contribution in [1.29, 1.82) is 0 Å². The van der Waals surface area contributed by atoms with E-state index in [0.29, 0.717) is 13.1 Å². The van der Waals surface area contributed by atoms with Gasteiger partial charge in [-0.05, 0) is 26.1 Å². The molecule has 0 aliphatic heterocycles. The molecule has 0 fully saturated rings. The quantitative estimate of drug-likeness (QED) is 0.313. The molecule has 0 aromatic heterocycles.